The summed E-state index contributed by atoms with van der Waals surface area (Å²) in [5, 5.41) is 11.3. The van der Waals surface area contributed by atoms with Crippen LogP contribution in [0.1, 0.15) is 12.5 Å². The van der Waals surface area contributed by atoms with E-state index in [1.54, 1.807) is 7.05 Å². The van der Waals surface area contributed by atoms with Crippen molar-refractivity contribution in [3.8, 4) is 0 Å². The summed E-state index contributed by atoms with van der Waals surface area (Å²) in [6.07, 6.45) is 2.61. The zero-order valence-corrected chi connectivity index (χ0v) is 13.0. The number of carbonyl (C=O) groups excluding carboxylic acids is 1. The number of aliphatic carboxylic acids is 1. The van der Waals surface area contributed by atoms with Gasteiger partial charge in [0.05, 0.1) is 6.54 Å². The lowest BCUT2D eigenvalue weighted by Crippen LogP contribution is -2.35. The van der Waals surface area contributed by atoms with Gasteiger partial charge in [-0.05, 0) is 30.7 Å². The van der Waals surface area contributed by atoms with Crippen molar-refractivity contribution in [1.29, 1.82) is 0 Å². The van der Waals surface area contributed by atoms with E-state index in [1.807, 2.05) is 30.0 Å². The Kier molecular flexibility index (Phi) is 6.24. The molecule has 0 atom stereocenters. The minimum absolute atomic E-state index is 0.0972. The molecule has 1 aromatic carbocycles. The van der Waals surface area contributed by atoms with Crippen LogP contribution in [0.15, 0.2) is 28.7 Å². The number of carbonyl (C=O) groups is 2. The molecule has 0 radical (unpaired) electrons. The number of amides is 1. The molecule has 6 heteroatoms. The fourth-order valence-corrected chi connectivity index (χ4v) is 2.06. The molecule has 1 rings (SSSR count). The van der Waals surface area contributed by atoms with Gasteiger partial charge in [0.1, 0.15) is 0 Å². The number of benzene rings is 1. The predicted molar refractivity (Wildman–Crippen MR) is 82.8 cm³/mol. The fraction of sp³-hybridized carbons (Fsp3) is 0.286. The molecule has 108 valence electrons. The van der Waals surface area contributed by atoms with E-state index in [1.165, 1.54) is 6.08 Å². The first kappa shape index (κ1) is 16.2. The van der Waals surface area contributed by atoms with Crippen molar-refractivity contribution in [2.24, 2.45) is 0 Å². The van der Waals surface area contributed by atoms with Crippen LogP contribution in [0.2, 0.25) is 0 Å². The highest BCUT2D eigenvalue weighted by molar-refractivity contribution is 9.10. The Balaban J connectivity index is 3.14. The number of nitrogens with zero attached hydrogens (tertiary/aromatic N) is 1. The maximum absolute atomic E-state index is 11.5. The van der Waals surface area contributed by atoms with Crippen LogP contribution < -0.4 is 10.2 Å². The van der Waals surface area contributed by atoms with Crippen molar-refractivity contribution in [2.45, 2.75) is 6.92 Å². The van der Waals surface area contributed by atoms with Crippen LogP contribution in [0, 0.1) is 0 Å². The third-order valence-corrected chi connectivity index (χ3v) is 3.23. The summed E-state index contributed by atoms with van der Waals surface area (Å²) >= 11 is 3.39. The van der Waals surface area contributed by atoms with Gasteiger partial charge < -0.3 is 15.3 Å². The molecule has 0 fully saturated rings. The fourth-order valence-electron chi connectivity index (χ4n) is 1.71. The number of nitrogens with one attached hydrogen (secondary N) is 1. The topological polar surface area (TPSA) is 69.6 Å². The quantitative estimate of drug-likeness (QED) is 0.778. The number of likely N-dealkylation sites (N-methyl/N-ethyl adjacent to an activating group) is 2. The van der Waals surface area contributed by atoms with Gasteiger partial charge in [-0.1, -0.05) is 22.0 Å². The maximum Gasteiger partial charge on any atom is 0.328 e. The molecule has 0 spiro atoms. The normalized spacial score (nSPS) is 10.6. The molecule has 2 N–H and O–H groups in total. The Morgan fingerprint density at radius 3 is 2.70 bits per heavy atom. The highest BCUT2D eigenvalue weighted by atomic mass is 79.9. The summed E-state index contributed by atoms with van der Waals surface area (Å²) in [6.45, 7) is 2.80. The van der Waals surface area contributed by atoms with Crippen molar-refractivity contribution in [2.75, 3.05) is 25.0 Å². The summed E-state index contributed by atoms with van der Waals surface area (Å²) < 4.78 is 0.871. The Morgan fingerprint density at radius 2 is 2.15 bits per heavy atom. The van der Waals surface area contributed by atoms with E-state index in [0.717, 1.165) is 21.8 Å². The Labute approximate surface area is 126 Å². The number of anilines is 1. The zero-order chi connectivity index (χ0) is 15.1. The first-order valence-corrected chi connectivity index (χ1v) is 6.93. The molecular formula is C14H17BrN2O3. The average molecular weight is 341 g/mol. The summed E-state index contributed by atoms with van der Waals surface area (Å²) in [5.41, 5.74) is 1.56. The minimum Gasteiger partial charge on any atom is -0.478 e. The second kappa shape index (κ2) is 7.69. The SMILES string of the molecule is CCN(CC(=O)NC)c1cc(Br)ccc1C=CC(=O)O. The highest BCUT2D eigenvalue weighted by Gasteiger charge is 2.12. The molecule has 0 saturated carbocycles. The Hall–Kier alpha value is -1.82. The molecule has 0 heterocycles. The third kappa shape index (κ3) is 4.70. The van der Waals surface area contributed by atoms with Gasteiger partial charge in [0.15, 0.2) is 0 Å². The molecule has 0 unspecified atom stereocenters. The van der Waals surface area contributed by atoms with Crippen LogP contribution in [0.3, 0.4) is 0 Å². The van der Waals surface area contributed by atoms with Crippen LogP contribution >= 0.6 is 15.9 Å². The van der Waals surface area contributed by atoms with Crippen LogP contribution in [-0.4, -0.2) is 37.1 Å². The number of rotatable bonds is 6. The standard InChI is InChI=1S/C14H17BrN2O3/c1-3-17(9-13(18)16-2)12-8-11(15)6-4-10(12)5-7-14(19)20/h4-8H,3,9H2,1-2H3,(H,16,18)(H,19,20). The number of halogens is 1. The lowest BCUT2D eigenvalue weighted by molar-refractivity contribution is -0.131. The van der Waals surface area contributed by atoms with Gasteiger partial charge >= 0.3 is 5.97 Å². The molecule has 0 bridgehead atoms. The molecule has 1 amide bonds. The Bertz CT molecular complexity index is 529. The van der Waals surface area contributed by atoms with Gasteiger partial charge in [-0.15, -0.1) is 0 Å². The molecular weight excluding hydrogens is 324 g/mol. The summed E-state index contributed by atoms with van der Waals surface area (Å²) in [7, 11) is 1.59. The number of carboxylic acid groups (broad SMARTS) is 1. The molecule has 0 saturated heterocycles. The molecule has 20 heavy (non-hydrogen) atoms. The second-order valence-electron chi connectivity index (χ2n) is 4.06. The number of hydrogen-bond acceptors (Lipinski definition) is 3. The first-order chi connectivity index (χ1) is 9.47. The van der Waals surface area contributed by atoms with Gasteiger partial charge in [0.2, 0.25) is 5.91 Å². The van der Waals surface area contributed by atoms with Gasteiger partial charge in [-0.25, -0.2) is 4.79 Å². The number of carboxylic acids is 1. The van der Waals surface area contributed by atoms with E-state index in [2.05, 4.69) is 21.2 Å². The lowest BCUT2D eigenvalue weighted by atomic mass is 10.1. The number of hydrogen-bond donors (Lipinski definition) is 2. The largest absolute Gasteiger partial charge is 0.478 e. The second-order valence-corrected chi connectivity index (χ2v) is 4.98. The van der Waals surface area contributed by atoms with E-state index >= 15 is 0 Å². The molecule has 0 aromatic heterocycles. The smallest absolute Gasteiger partial charge is 0.328 e. The summed E-state index contributed by atoms with van der Waals surface area (Å²) in [5.74, 6) is -1.10. The predicted octanol–water partition coefficient (Wildman–Crippen LogP) is 2.12. The molecule has 5 nitrogen and oxygen atoms in total. The van der Waals surface area contributed by atoms with E-state index in [0.29, 0.717) is 6.54 Å². The zero-order valence-electron chi connectivity index (χ0n) is 11.4. The van der Waals surface area contributed by atoms with Crippen LogP contribution in [0.5, 0.6) is 0 Å². The van der Waals surface area contributed by atoms with E-state index in [-0.39, 0.29) is 12.5 Å². The van der Waals surface area contributed by atoms with Crippen LogP contribution in [0.25, 0.3) is 6.08 Å². The molecule has 0 aliphatic rings. The molecule has 0 aliphatic carbocycles. The molecule has 1 aromatic rings. The van der Waals surface area contributed by atoms with Gasteiger partial charge in [-0.2, -0.15) is 0 Å². The van der Waals surface area contributed by atoms with Crippen molar-refractivity contribution < 1.29 is 14.7 Å². The van der Waals surface area contributed by atoms with E-state index < -0.39 is 5.97 Å². The van der Waals surface area contributed by atoms with Crippen molar-refractivity contribution >= 4 is 39.6 Å². The Morgan fingerprint density at radius 1 is 1.45 bits per heavy atom. The van der Waals surface area contributed by atoms with Crippen molar-refractivity contribution in [3.05, 3.63) is 34.3 Å². The van der Waals surface area contributed by atoms with E-state index in [9.17, 15) is 9.59 Å². The first-order valence-electron chi connectivity index (χ1n) is 6.14. The lowest BCUT2D eigenvalue weighted by Gasteiger charge is -2.24. The average Bonchev–Trinajstić information content (AvgIpc) is 2.42. The minimum atomic E-state index is -1.01. The van der Waals surface area contributed by atoms with E-state index in [4.69, 9.17) is 5.11 Å². The highest BCUT2D eigenvalue weighted by Crippen LogP contribution is 2.26. The van der Waals surface area contributed by atoms with Gasteiger partial charge in [0, 0.05) is 29.8 Å². The maximum atomic E-state index is 11.5. The molecule has 0 aliphatic heterocycles. The van der Waals surface area contributed by atoms with Gasteiger partial charge in [0.25, 0.3) is 0 Å². The summed E-state index contributed by atoms with van der Waals surface area (Å²) in [4.78, 5) is 24.1. The van der Waals surface area contributed by atoms with Crippen molar-refractivity contribution in [1.82, 2.24) is 5.32 Å². The third-order valence-electron chi connectivity index (χ3n) is 2.73. The summed E-state index contributed by atoms with van der Waals surface area (Å²) in [6, 6.07) is 5.51. The van der Waals surface area contributed by atoms with Gasteiger partial charge in [-0.3, -0.25) is 4.79 Å². The van der Waals surface area contributed by atoms with Crippen LogP contribution in [0.4, 0.5) is 5.69 Å². The van der Waals surface area contributed by atoms with Crippen molar-refractivity contribution in [3.63, 3.8) is 0 Å². The monoisotopic (exact) mass is 340 g/mol. The van der Waals surface area contributed by atoms with Crippen LogP contribution in [-0.2, 0) is 9.59 Å².